The Morgan fingerprint density at radius 1 is 1.45 bits per heavy atom. The van der Waals surface area contributed by atoms with E-state index < -0.39 is 0 Å². The predicted octanol–water partition coefficient (Wildman–Crippen LogP) is 2.33. The second kappa shape index (κ2) is 6.60. The van der Waals surface area contributed by atoms with Gasteiger partial charge in [0, 0.05) is 18.4 Å². The van der Waals surface area contributed by atoms with E-state index in [9.17, 15) is 9.59 Å². The van der Waals surface area contributed by atoms with Crippen LogP contribution in [0.3, 0.4) is 0 Å². The second-order valence-corrected chi connectivity index (χ2v) is 6.77. The van der Waals surface area contributed by atoms with Gasteiger partial charge in [-0.2, -0.15) is 11.8 Å². The molecule has 1 atom stereocenters. The van der Waals surface area contributed by atoms with E-state index in [1.54, 1.807) is 4.90 Å². The van der Waals surface area contributed by atoms with E-state index >= 15 is 0 Å². The van der Waals surface area contributed by atoms with Crippen molar-refractivity contribution in [3.05, 3.63) is 29.3 Å². The van der Waals surface area contributed by atoms with Crippen molar-refractivity contribution in [1.82, 2.24) is 5.32 Å². The Bertz CT molecular complexity index is 591. The highest BCUT2D eigenvalue weighted by Gasteiger charge is 2.32. The summed E-state index contributed by atoms with van der Waals surface area (Å²) >= 11 is 1.96. The van der Waals surface area contributed by atoms with Crippen molar-refractivity contribution < 1.29 is 14.3 Å². The van der Waals surface area contributed by atoms with Crippen LogP contribution in [0.25, 0.3) is 0 Å². The van der Waals surface area contributed by atoms with Gasteiger partial charge in [-0.15, -0.1) is 0 Å². The number of hydrogen-bond acceptors (Lipinski definition) is 4. The lowest BCUT2D eigenvalue weighted by Gasteiger charge is -2.16. The highest BCUT2D eigenvalue weighted by atomic mass is 32.2. The van der Waals surface area contributed by atoms with Gasteiger partial charge in [-0.05, 0) is 41.9 Å². The van der Waals surface area contributed by atoms with Crippen molar-refractivity contribution in [3.63, 3.8) is 0 Å². The molecule has 118 valence electrons. The third kappa shape index (κ3) is 3.38. The molecule has 3 rings (SSSR count). The minimum Gasteiger partial charge on any atom is -0.442 e. The number of amides is 2. The second-order valence-electron chi connectivity index (χ2n) is 5.66. The normalized spacial score (nSPS) is 21.0. The Morgan fingerprint density at radius 3 is 3.14 bits per heavy atom. The summed E-state index contributed by atoms with van der Waals surface area (Å²) in [7, 11) is 0. The maximum absolute atomic E-state index is 12.1. The number of carbonyl (C=O) groups excluding carboxylic acids is 2. The lowest BCUT2D eigenvalue weighted by Crippen LogP contribution is -2.33. The Labute approximate surface area is 134 Å². The number of carbonyl (C=O) groups is 2. The van der Waals surface area contributed by atoms with Gasteiger partial charge >= 0.3 is 6.09 Å². The number of benzene rings is 1. The first kappa shape index (κ1) is 15.2. The third-order valence-electron chi connectivity index (χ3n) is 3.95. The minimum absolute atomic E-state index is 0.114. The summed E-state index contributed by atoms with van der Waals surface area (Å²) < 4.78 is 5.32. The average molecular weight is 320 g/mol. The van der Waals surface area contributed by atoms with Crippen LogP contribution in [0.4, 0.5) is 10.5 Å². The molecule has 2 aliphatic rings. The Morgan fingerprint density at radius 2 is 2.32 bits per heavy atom. The van der Waals surface area contributed by atoms with Gasteiger partial charge in [-0.1, -0.05) is 6.07 Å². The van der Waals surface area contributed by atoms with Crippen LogP contribution in [-0.2, 0) is 21.7 Å². The molecular weight excluding hydrogens is 300 g/mol. The summed E-state index contributed by atoms with van der Waals surface area (Å²) in [5.74, 6) is 2.12. The predicted molar refractivity (Wildman–Crippen MR) is 87.2 cm³/mol. The van der Waals surface area contributed by atoms with Crippen LogP contribution in [0.15, 0.2) is 18.2 Å². The van der Waals surface area contributed by atoms with Crippen LogP contribution in [0.2, 0.25) is 0 Å². The van der Waals surface area contributed by atoms with Crippen molar-refractivity contribution in [1.29, 1.82) is 0 Å². The lowest BCUT2D eigenvalue weighted by atomic mass is 10.0. The van der Waals surface area contributed by atoms with E-state index in [1.165, 1.54) is 30.2 Å². The summed E-state index contributed by atoms with van der Waals surface area (Å²) in [6, 6.07) is 6.23. The van der Waals surface area contributed by atoms with Gasteiger partial charge in [0.25, 0.3) is 0 Å². The van der Waals surface area contributed by atoms with Crippen LogP contribution in [0, 0.1) is 0 Å². The zero-order chi connectivity index (χ0) is 15.5. The molecule has 2 aliphatic heterocycles. The molecule has 2 amide bonds. The quantitative estimate of drug-likeness (QED) is 0.928. The van der Waals surface area contributed by atoms with Gasteiger partial charge in [0.05, 0.1) is 13.1 Å². The van der Waals surface area contributed by atoms with Crippen molar-refractivity contribution in [2.75, 3.05) is 23.7 Å². The number of aryl methyl sites for hydroxylation is 1. The molecule has 0 unspecified atom stereocenters. The van der Waals surface area contributed by atoms with E-state index in [1.807, 2.05) is 17.8 Å². The SMILES string of the molecule is CC(=O)NC[C@H]1CN(c2ccc3c(c2)CCCSC3)C(=O)O1. The molecule has 1 aromatic rings. The highest BCUT2D eigenvalue weighted by Crippen LogP contribution is 2.29. The zero-order valence-corrected chi connectivity index (χ0v) is 13.4. The Hall–Kier alpha value is -1.69. The van der Waals surface area contributed by atoms with Gasteiger partial charge in [-0.25, -0.2) is 4.79 Å². The van der Waals surface area contributed by atoms with Crippen molar-refractivity contribution in [2.24, 2.45) is 0 Å². The maximum atomic E-state index is 12.1. The average Bonchev–Trinajstić information content (AvgIpc) is 2.71. The monoisotopic (exact) mass is 320 g/mol. The lowest BCUT2D eigenvalue weighted by molar-refractivity contribution is -0.119. The number of nitrogens with zero attached hydrogens (tertiary/aromatic N) is 1. The molecular formula is C16H20N2O3S. The minimum atomic E-state index is -0.335. The number of fused-ring (bicyclic) bond motifs is 1. The first-order chi connectivity index (χ1) is 10.6. The van der Waals surface area contributed by atoms with Crippen molar-refractivity contribution in [3.8, 4) is 0 Å². The number of thioether (sulfide) groups is 1. The molecule has 0 aliphatic carbocycles. The van der Waals surface area contributed by atoms with Gasteiger partial charge < -0.3 is 10.1 Å². The Balaban J connectivity index is 1.72. The largest absolute Gasteiger partial charge is 0.442 e. The summed E-state index contributed by atoms with van der Waals surface area (Å²) in [4.78, 5) is 24.7. The number of anilines is 1. The molecule has 22 heavy (non-hydrogen) atoms. The van der Waals surface area contributed by atoms with Gasteiger partial charge in [0.2, 0.25) is 5.91 Å². The molecule has 1 aromatic carbocycles. The molecule has 6 heteroatoms. The van der Waals surface area contributed by atoms with Gasteiger partial charge in [-0.3, -0.25) is 9.69 Å². The van der Waals surface area contributed by atoms with E-state index in [0.29, 0.717) is 13.1 Å². The molecule has 0 saturated carbocycles. The van der Waals surface area contributed by atoms with Gasteiger partial charge in [0.1, 0.15) is 6.10 Å². The summed E-state index contributed by atoms with van der Waals surface area (Å²) in [6.07, 6.45) is 1.62. The highest BCUT2D eigenvalue weighted by molar-refractivity contribution is 7.98. The number of ether oxygens (including phenoxy) is 1. The van der Waals surface area contributed by atoms with E-state index in [4.69, 9.17) is 4.74 Å². The van der Waals surface area contributed by atoms with Crippen LogP contribution < -0.4 is 10.2 Å². The number of hydrogen-bond donors (Lipinski definition) is 1. The Kier molecular flexibility index (Phi) is 4.57. The van der Waals surface area contributed by atoms with E-state index in [2.05, 4.69) is 17.4 Å². The summed E-state index contributed by atoms with van der Waals surface area (Å²) in [5, 5.41) is 2.69. The van der Waals surface area contributed by atoms with Crippen molar-refractivity contribution >= 4 is 29.4 Å². The summed E-state index contributed by atoms with van der Waals surface area (Å²) in [6.45, 7) is 2.30. The summed E-state index contributed by atoms with van der Waals surface area (Å²) in [5.41, 5.74) is 3.59. The fourth-order valence-corrected chi connectivity index (χ4v) is 3.79. The fourth-order valence-electron chi connectivity index (χ4n) is 2.80. The third-order valence-corrected chi connectivity index (χ3v) is 5.04. The van der Waals surface area contributed by atoms with Crippen molar-refractivity contribution in [2.45, 2.75) is 31.6 Å². The molecule has 0 spiro atoms. The molecule has 0 radical (unpaired) electrons. The molecule has 0 aromatic heterocycles. The number of nitrogens with one attached hydrogen (secondary N) is 1. The van der Waals surface area contributed by atoms with E-state index in [0.717, 1.165) is 17.9 Å². The smallest absolute Gasteiger partial charge is 0.414 e. The van der Waals surface area contributed by atoms with Crippen LogP contribution >= 0.6 is 11.8 Å². The number of cyclic esters (lactones) is 1. The first-order valence-corrected chi connectivity index (χ1v) is 8.71. The van der Waals surface area contributed by atoms with Crippen LogP contribution in [-0.4, -0.2) is 36.9 Å². The van der Waals surface area contributed by atoms with Crippen LogP contribution in [0.1, 0.15) is 24.5 Å². The van der Waals surface area contributed by atoms with Crippen LogP contribution in [0.5, 0.6) is 0 Å². The molecule has 5 nitrogen and oxygen atoms in total. The first-order valence-electron chi connectivity index (χ1n) is 7.55. The van der Waals surface area contributed by atoms with Gasteiger partial charge in [0.15, 0.2) is 0 Å². The molecule has 1 saturated heterocycles. The van der Waals surface area contributed by atoms with E-state index in [-0.39, 0.29) is 18.1 Å². The molecule has 1 fully saturated rings. The standard InChI is InChI=1S/C16H20N2O3S/c1-11(19)17-8-15-9-18(16(20)21-15)14-5-4-13-10-22-6-2-3-12(13)7-14/h4-5,7,15H,2-3,6,8-10H2,1H3,(H,17,19)/t15-/m0/s1. The molecule has 0 bridgehead atoms. The topological polar surface area (TPSA) is 58.6 Å². The zero-order valence-electron chi connectivity index (χ0n) is 12.6. The molecule has 2 heterocycles. The fraction of sp³-hybridized carbons (Fsp3) is 0.500. The molecule has 1 N–H and O–H groups in total. The maximum Gasteiger partial charge on any atom is 0.414 e. The number of rotatable bonds is 3.